The first kappa shape index (κ1) is 19.4. The van der Waals surface area contributed by atoms with Crippen LogP contribution >= 0.6 is 0 Å². The van der Waals surface area contributed by atoms with E-state index in [1.54, 1.807) is 36.2 Å². The summed E-state index contributed by atoms with van der Waals surface area (Å²) in [6.07, 6.45) is 0.169. The van der Waals surface area contributed by atoms with Crippen LogP contribution in [-0.4, -0.2) is 41.5 Å². The predicted molar refractivity (Wildman–Crippen MR) is 111 cm³/mol. The lowest BCUT2D eigenvalue weighted by atomic mass is 10.2. The zero-order chi connectivity index (χ0) is 20.3. The summed E-state index contributed by atoms with van der Waals surface area (Å²) in [6, 6.07) is 14.9. The minimum Gasteiger partial charge on any atom is -0.378 e. The highest BCUT2D eigenvalue weighted by Crippen LogP contribution is 2.14. The third-order valence-corrected chi connectivity index (χ3v) is 4.75. The number of anilines is 1. The maximum atomic E-state index is 12.5. The molecule has 0 saturated carbocycles. The summed E-state index contributed by atoms with van der Waals surface area (Å²) in [5, 5.41) is 0.434. The number of carbonyl (C=O) groups excluding carboxylic acids is 1. The Hall–Kier alpha value is -3.35. The summed E-state index contributed by atoms with van der Waals surface area (Å²) >= 11 is 0. The number of amides is 1. The van der Waals surface area contributed by atoms with Gasteiger partial charge in [0.1, 0.15) is 0 Å². The Labute approximate surface area is 162 Å². The van der Waals surface area contributed by atoms with Crippen molar-refractivity contribution in [1.29, 1.82) is 0 Å². The highest BCUT2D eigenvalue weighted by Gasteiger charge is 2.12. The van der Waals surface area contributed by atoms with Crippen molar-refractivity contribution in [3.63, 3.8) is 0 Å². The second kappa shape index (κ2) is 8.12. The van der Waals surface area contributed by atoms with Crippen molar-refractivity contribution in [3.05, 3.63) is 74.9 Å². The highest BCUT2D eigenvalue weighted by atomic mass is 16.2. The molecule has 146 valence electrons. The van der Waals surface area contributed by atoms with Crippen molar-refractivity contribution in [3.8, 4) is 0 Å². The molecule has 7 heteroatoms. The molecule has 2 aromatic carbocycles. The van der Waals surface area contributed by atoms with Crippen LogP contribution in [0.4, 0.5) is 5.69 Å². The number of fused-ring (bicyclic) bond motifs is 1. The van der Waals surface area contributed by atoms with Crippen molar-refractivity contribution >= 4 is 22.5 Å². The number of nitrogens with one attached hydrogen (secondary N) is 1. The van der Waals surface area contributed by atoms with Crippen molar-refractivity contribution in [2.24, 2.45) is 0 Å². The second-order valence-corrected chi connectivity index (χ2v) is 6.99. The largest absolute Gasteiger partial charge is 0.378 e. The van der Waals surface area contributed by atoms with Gasteiger partial charge in [-0.2, -0.15) is 0 Å². The van der Waals surface area contributed by atoms with Crippen LogP contribution in [0.15, 0.2) is 58.1 Å². The first-order chi connectivity index (χ1) is 13.4. The maximum Gasteiger partial charge on any atom is 0.328 e. The molecular weight excluding hydrogens is 356 g/mol. The van der Waals surface area contributed by atoms with Gasteiger partial charge in [0.05, 0.1) is 10.9 Å². The summed E-state index contributed by atoms with van der Waals surface area (Å²) in [6.45, 7) is 0.701. The van der Waals surface area contributed by atoms with Gasteiger partial charge in [-0.15, -0.1) is 0 Å². The molecule has 3 aromatic rings. The van der Waals surface area contributed by atoms with E-state index in [9.17, 15) is 14.4 Å². The number of aromatic amines is 1. The van der Waals surface area contributed by atoms with E-state index < -0.39 is 11.2 Å². The molecule has 7 nitrogen and oxygen atoms in total. The zero-order valence-electron chi connectivity index (χ0n) is 16.3. The summed E-state index contributed by atoms with van der Waals surface area (Å²) in [5.74, 6) is -0.0705. The van der Waals surface area contributed by atoms with Gasteiger partial charge in [0.15, 0.2) is 0 Å². The Morgan fingerprint density at radius 2 is 1.68 bits per heavy atom. The molecule has 0 aliphatic carbocycles. The van der Waals surface area contributed by atoms with Gasteiger partial charge in [-0.1, -0.05) is 24.3 Å². The topological polar surface area (TPSA) is 78.4 Å². The Morgan fingerprint density at radius 3 is 2.36 bits per heavy atom. The first-order valence-corrected chi connectivity index (χ1v) is 9.09. The summed E-state index contributed by atoms with van der Waals surface area (Å²) in [4.78, 5) is 42.6. The van der Waals surface area contributed by atoms with Gasteiger partial charge in [-0.05, 0) is 29.8 Å². The van der Waals surface area contributed by atoms with Crippen LogP contribution in [0.2, 0.25) is 0 Å². The quantitative estimate of drug-likeness (QED) is 0.707. The number of nitrogens with zero attached hydrogens (tertiary/aromatic N) is 3. The van der Waals surface area contributed by atoms with E-state index in [4.69, 9.17) is 0 Å². The molecule has 0 unspecified atom stereocenters. The molecule has 0 aliphatic heterocycles. The van der Waals surface area contributed by atoms with Gasteiger partial charge < -0.3 is 9.80 Å². The van der Waals surface area contributed by atoms with Gasteiger partial charge in [-0.3, -0.25) is 19.1 Å². The van der Waals surface area contributed by atoms with Crippen molar-refractivity contribution in [2.75, 3.05) is 26.0 Å². The molecule has 0 spiro atoms. The Morgan fingerprint density at radius 1 is 1.00 bits per heavy atom. The van der Waals surface area contributed by atoms with Gasteiger partial charge in [0.2, 0.25) is 5.91 Å². The molecule has 1 aromatic heterocycles. The van der Waals surface area contributed by atoms with Crippen LogP contribution in [0.25, 0.3) is 10.9 Å². The Balaban J connectivity index is 1.69. The summed E-state index contributed by atoms with van der Waals surface area (Å²) in [7, 11) is 5.70. The first-order valence-electron chi connectivity index (χ1n) is 9.09. The number of carbonyl (C=O) groups is 1. The van der Waals surface area contributed by atoms with E-state index in [-0.39, 0.29) is 18.9 Å². The lowest BCUT2D eigenvalue weighted by Crippen LogP contribution is -2.33. The van der Waals surface area contributed by atoms with Crippen LogP contribution in [0.1, 0.15) is 12.0 Å². The van der Waals surface area contributed by atoms with E-state index in [1.807, 2.05) is 43.3 Å². The minimum atomic E-state index is -0.501. The van der Waals surface area contributed by atoms with Crippen molar-refractivity contribution in [1.82, 2.24) is 14.5 Å². The Kier molecular flexibility index (Phi) is 5.63. The molecule has 1 amide bonds. The lowest BCUT2D eigenvalue weighted by molar-refractivity contribution is -0.130. The van der Waals surface area contributed by atoms with Crippen molar-refractivity contribution < 1.29 is 4.79 Å². The number of para-hydroxylation sites is 1. The number of benzene rings is 2. The van der Waals surface area contributed by atoms with Crippen molar-refractivity contribution in [2.45, 2.75) is 19.5 Å². The maximum absolute atomic E-state index is 12.5. The molecule has 0 atom stereocenters. The summed E-state index contributed by atoms with van der Waals surface area (Å²) < 4.78 is 1.44. The molecule has 0 saturated heterocycles. The van der Waals surface area contributed by atoms with E-state index in [1.165, 1.54) is 4.57 Å². The van der Waals surface area contributed by atoms with E-state index in [2.05, 4.69) is 4.98 Å². The molecule has 1 heterocycles. The van der Waals surface area contributed by atoms with E-state index in [0.717, 1.165) is 11.3 Å². The fourth-order valence-electron chi connectivity index (χ4n) is 3.12. The number of hydrogen-bond acceptors (Lipinski definition) is 4. The fraction of sp³-hybridized carbons (Fsp3) is 0.286. The second-order valence-electron chi connectivity index (χ2n) is 6.99. The number of aromatic nitrogens is 2. The van der Waals surface area contributed by atoms with E-state index >= 15 is 0 Å². The van der Waals surface area contributed by atoms with Gasteiger partial charge in [0, 0.05) is 46.3 Å². The standard InChI is InChI=1S/C21H24N4O3/c1-23(2)16-10-8-15(9-11-16)14-24(3)19(26)12-13-25-18-7-5-4-6-17(18)20(27)22-21(25)28/h4-11H,12-14H2,1-3H3,(H,22,27,28). The van der Waals surface area contributed by atoms with Crippen LogP contribution in [0.3, 0.4) is 0 Å². The highest BCUT2D eigenvalue weighted by molar-refractivity contribution is 5.78. The molecule has 1 N–H and O–H groups in total. The zero-order valence-corrected chi connectivity index (χ0v) is 16.3. The van der Waals surface area contributed by atoms with E-state index in [0.29, 0.717) is 17.4 Å². The SMILES string of the molecule is CN(Cc1ccc(N(C)C)cc1)C(=O)CCn1c(=O)[nH]c(=O)c2ccccc21. The molecule has 0 radical (unpaired) electrons. The third-order valence-electron chi connectivity index (χ3n) is 4.75. The average Bonchev–Trinajstić information content (AvgIpc) is 2.68. The van der Waals surface area contributed by atoms with Gasteiger partial charge >= 0.3 is 5.69 Å². The average molecular weight is 380 g/mol. The normalized spacial score (nSPS) is 10.8. The third kappa shape index (κ3) is 4.14. The van der Waals surface area contributed by atoms with Crippen LogP contribution in [0, 0.1) is 0 Å². The minimum absolute atomic E-state index is 0.0705. The fourth-order valence-corrected chi connectivity index (χ4v) is 3.12. The molecular formula is C21H24N4O3. The number of hydrogen-bond donors (Lipinski definition) is 1. The molecule has 0 aliphatic rings. The molecule has 3 rings (SSSR count). The Bertz CT molecular complexity index is 1100. The number of rotatable bonds is 6. The smallest absolute Gasteiger partial charge is 0.328 e. The van der Waals surface area contributed by atoms with Crippen LogP contribution in [0.5, 0.6) is 0 Å². The predicted octanol–water partition coefficient (Wildman–Crippen LogP) is 1.80. The molecule has 0 fully saturated rings. The molecule has 0 bridgehead atoms. The summed E-state index contributed by atoms with van der Waals surface area (Å²) in [5.41, 5.74) is 1.75. The number of aryl methyl sites for hydroxylation is 1. The molecule has 28 heavy (non-hydrogen) atoms. The van der Waals surface area contributed by atoms with Crippen LogP contribution in [-0.2, 0) is 17.9 Å². The lowest BCUT2D eigenvalue weighted by Gasteiger charge is -2.19. The monoisotopic (exact) mass is 380 g/mol. The van der Waals surface area contributed by atoms with Gasteiger partial charge in [0.25, 0.3) is 5.56 Å². The number of H-pyrrole nitrogens is 1. The van der Waals surface area contributed by atoms with Crippen LogP contribution < -0.4 is 16.1 Å². The van der Waals surface area contributed by atoms with Gasteiger partial charge in [-0.25, -0.2) is 4.79 Å².